The fraction of sp³-hybridized carbons (Fsp3) is 0.588. The zero-order valence-electron chi connectivity index (χ0n) is 13.1. The highest BCUT2D eigenvalue weighted by Gasteiger charge is 2.24. The average Bonchev–Trinajstić information content (AvgIpc) is 2.47. The molecule has 1 aliphatic rings. The topological polar surface area (TPSA) is 29.5 Å². The van der Waals surface area contributed by atoms with Crippen LogP contribution in [0.25, 0.3) is 0 Å². The van der Waals surface area contributed by atoms with E-state index in [0.29, 0.717) is 23.8 Å². The Bertz CT molecular complexity index is 494. The summed E-state index contributed by atoms with van der Waals surface area (Å²) in [6.45, 7) is 6.72. The number of benzene rings is 1. The lowest BCUT2D eigenvalue weighted by molar-refractivity contribution is 0.0876. The second-order valence-corrected chi connectivity index (χ2v) is 6.13. The Balaban J connectivity index is 1.98. The molecule has 0 saturated carbocycles. The summed E-state index contributed by atoms with van der Waals surface area (Å²) < 4.78 is 18.5. The predicted molar refractivity (Wildman–Crippen MR) is 81.3 cm³/mol. The number of ether oxygens (including phenoxy) is 1. The van der Waals surface area contributed by atoms with E-state index in [1.165, 1.54) is 25.3 Å². The van der Waals surface area contributed by atoms with E-state index >= 15 is 0 Å². The van der Waals surface area contributed by atoms with Crippen LogP contribution in [0.5, 0.6) is 5.75 Å². The molecule has 0 atom stereocenters. The summed E-state index contributed by atoms with van der Waals surface area (Å²) in [5.41, 5.74) is 0.337. The molecule has 1 aromatic rings. The van der Waals surface area contributed by atoms with Crippen LogP contribution >= 0.6 is 0 Å². The van der Waals surface area contributed by atoms with E-state index < -0.39 is 5.82 Å². The maximum absolute atomic E-state index is 13.3. The molecule has 1 aliphatic heterocycles. The number of piperidine rings is 1. The Morgan fingerprint density at radius 2 is 2.05 bits per heavy atom. The van der Waals surface area contributed by atoms with Crippen LogP contribution in [-0.4, -0.2) is 37.4 Å². The second-order valence-electron chi connectivity index (χ2n) is 6.13. The van der Waals surface area contributed by atoms with Gasteiger partial charge in [-0.25, -0.2) is 4.39 Å². The Hall–Kier alpha value is -1.42. The minimum Gasteiger partial charge on any atom is -0.496 e. The lowest BCUT2D eigenvalue weighted by Gasteiger charge is -2.33. The Labute approximate surface area is 126 Å². The lowest BCUT2D eigenvalue weighted by Crippen LogP contribution is -2.38. The van der Waals surface area contributed by atoms with Gasteiger partial charge < -0.3 is 4.74 Å². The number of carbonyl (C=O) groups is 1. The standard InChI is InChI=1S/C17H24FNO2/c1-12(2)13-6-8-19(9-7-13)11-16(20)15-10-14(18)4-5-17(15)21-3/h4-5,10,12-13H,6-9,11H2,1-3H3. The van der Waals surface area contributed by atoms with Crippen molar-refractivity contribution in [1.29, 1.82) is 0 Å². The van der Waals surface area contributed by atoms with Crippen LogP contribution in [0.4, 0.5) is 4.39 Å². The van der Waals surface area contributed by atoms with Crippen LogP contribution in [0.3, 0.4) is 0 Å². The average molecular weight is 293 g/mol. The number of rotatable bonds is 5. The highest BCUT2D eigenvalue weighted by Crippen LogP contribution is 2.25. The maximum atomic E-state index is 13.3. The third-order valence-electron chi connectivity index (χ3n) is 4.40. The molecule has 1 fully saturated rings. The molecule has 116 valence electrons. The van der Waals surface area contributed by atoms with Gasteiger partial charge >= 0.3 is 0 Å². The van der Waals surface area contributed by atoms with Crippen LogP contribution in [0.15, 0.2) is 18.2 Å². The summed E-state index contributed by atoms with van der Waals surface area (Å²) in [5.74, 6) is 1.41. The molecule has 3 nitrogen and oxygen atoms in total. The molecule has 2 rings (SSSR count). The number of carbonyl (C=O) groups excluding carboxylic acids is 1. The minimum absolute atomic E-state index is 0.0747. The summed E-state index contributed by atoms with van der Waals surface area (Å²) in [7, 11) is 1.50. The van der Waals surface area contributed by atoms with Crippen LogP contribution in [0.2, 0.25) is 0 Å². The lowest BCUT2D eigenvalue weighted by atomic mass is 9.86. The quantitative estimate of drug-likeness (QED) is 0.779. The van der Waals surface area contributed by atoms with Crippen LogP contribution in [0, 0.1) is 17.7 Å². The van der Waals surface area contributed by atoms with Gasteiger partial charge in [-0.3, -0.25) is 9.69 Å². The molecular formula is C17H24FNO2. The fourth-order valence-corrected chi connectivity index (χ4v) is 2.96. The molecule has 0 N–H and O–H groups in total. The van der Waals surface area contributed by atoms with Crippen molar-refractivity contribution in [1.82, 2.24) is 4.90 Å². The molecule has 0 bridgehead atoms. The van der Waals surface area contributed by atoms with Crippen molar-refractivity contribution in [2.24, 2.45) is 11.8 Å². The molecule has 0 unspecified atom stereocenters. The number of ketones is 1. The van der Waals surface area contributed by atoms with Gasteiger partial charge in [0.2, 0.25) is 0 Å². The predicted octanol–water partition coefficient (Wildman–Crippen LogP) is 3.39. The first kappa shape index (κ1) is 16.0. The molecule has 0 aromatic heterocycles. The molecule has 1 aromatic carbocycles. The van der Waals surface area contributed by atoms with Crippen molar-refractivity contribution < 1.29 is 13.9 Å². The van der Waals surface area contributed by atoms with E-state index in [1.807, 2.05) is 0 Å². The van der Waals surface area contributed by atoms with Gasteiger partial charge in [-0.2, -0.15) is 0 Å². The number of hydrogen-bond acceptors (Lipinski definition) is 3. The zero-order chi connectivity index (χ0) is 15.4. The Kier molecular flexibility index (Phi) is 5.34. The molecule has 1 saturated heterocycles. The molecule has 0 amide bonds. The van der Waals surface area contributed by atoms with Gasteiger partial charge in [-0.15, -0.1) is 0 Å². The number of likely N-dealkylation sites (tertiary alicyclic amines) is 1. The zero-order valence-corrected chi connectivity index (χ0v) is 13.1. The highest BCUT2D eigenvalue weighted by molar-refractivity contribution is 6.00. The van der Waals surface area contributed by atoms with Gasteiger partial charge in [0.1, 0.15) is 11.6 Å². The number of nitrogens with zero attached hydrogens (tertiary/aromatic N) is 1. The maximum Gasteiger partial charge on any atom is 0.180 e. The second kappa shape index (κ2) is 7.03. The normalized spacial score (nSPS) is 17.2. The number of methoxy groups -OCH3 is 1. The van der Waals surface area contributed by atoms with E-state index in [-0.39, 0.29) is 5.78 Å². The molecule has 0 aliphatic carbocycles. The Morgan fingerprint density at radius 1 is 1.38 bits per heavy atom. The molecule has 0 spiro atoms. The first-order valence-corrected chi connectivity index (χ1v) is 7.60. The van der Waals surface area contributed by atoms with Gasteiger partial charge in [0, 0.05) is 0 Å². The van der Waals surface area contributed by atoms with Crippen molar-refractivity contribution in [2.45, 2.75) is 26.7 Å². The number of hydrogen-bond donors (Lipinski definition) is 0. The monoisotopic (exact) mass is 293 g/mol. The van der Waals surface area contributed by atoms with E-state index in [9.17, 15) is 9.18 Å². The number of halogens is 1. The largest absolute Gasteiger partial charge is 0.496 e. The van der Waals surface area contributed by atoms with Crippen molar-refractivity contribution in [3.05, 3.63) is 29.6 Å². The summed E-state index contributed by atoms with van der Waals surface area (Å²) in [6.07, 6.45) is 2.26. The van der Waals surface area contributed by atoms with Gasteiger partial charge in [0.05, 0.1) is 19.2 Å². The summed E-state index contributed by atoms with van der Waals surface area (Å²) >= 11 is 0. The van der Waals surface area contributed by atoms with Crippen LogP contribution in [0.1, 0.15) is 37.0 Å². The fourth-order valence-electron chi connectivity index (χ4n) is 2.96. The first-order valence-electron chi connectivity index (χ1n) is 7.60. The molecule has 4 heteroatoms. The van der Waals surface area contributed by atoms with Gasteiger partial charge in [0.25, 0.3) is 0 Å². The van der Waals surface area contributed by atoms with Crippen LogP contribution in [-0.2, 0) is 0 Å². The van der Waals surface area contributed by atoms with Crippen molar-refractivity contribution in [3.8, 4) is 5.75 Å². The molecule has 0 radical (unpaired) electrons. The van der Waals surface area contributed by atoms with Gasteiger partial charge in [-0.1, -0.05) is 13.8 Å². The Morgan fingerprint density at radius 3 is 2.62 bits per heavy atom. The van der Waals surface area contributed by atoms with Crippen LogP contribution < -0.4 is 4.74 Å². The van der Waals surface area contributed by atoms with Gasteiger partial charge in [-0.05, 0) is 56.0 Å². The molecule has 21 heavy (non-hydrogen) atoms. The van der Waals surface area contributed by atoms with Crippen molar-refractivity contribution in [2.75, 3.05) is 26.7 Å². The van der Waals surface area contributed by atoms with Gasteiger partial charge in [0.15, 0.2) is 5.78 Å². The first-order chi connectivity index (χ1) is 10.0. The van der Waals surface area contributed by atoms with E-state index in [0.717, 1.165) is 31.8 Å². The highest BCUT2D eigenvalue weighted by atomic mass is 19.1. The van der Waals surface area contributed by atoms with Crippen molar-refractivity contribution in [3.63, 3.8) is 0 Å². The third kappa shape index (κ3) is 4.03. The van der Waals surface area contributed by atoms with E-state index in [4.69, 9.17) is 4.74 Å². The smallest absolute Gasteiger partial charge is 0.180 e. The summed E-state index contributed by atoms with van der Waals surface area (Å²) in [5, 5.41) is 0. The SMILES string of the molecule is COc1ccc(F)cc1C(=O)CN1CCC(C(C)C)CC1. The summed E-state index contributed by atoms with van der Waals surface area (Å²) in [6, 6.07) is 4.08. The van der Waals surface area contributed by atoms with Crippen molar-refractivity contribution >= 4 is 5.78 Å². The molecule has 1 heterocycles. The van der Waals surface area contributed by atoms with E-state index in [2.05, 4.69) is 18.7 Å². The number of Topliss-reactive ketones (excluding diaryl/α,β-unsaturated/α-hetero) is 1. The molecular weight excluding hydrogens is 269 g/mol. The van der Waals surface area contributed by atoms with E-state index in [1.54, 1.807) is 0 Å². The minimum atomic E-state index is -0.405. The third-order valence-corrected chi connectivity index (χ3v) is 4.40. The summed E-state index contributed by atoms with van der Waals surface area (Å²) in [4.78, 5) is 14.5.